The number of nitrogens with zero attached hydrogens (tertiary/aromatic N) is 6. The van der Waals surface area contributed by atoms with Crippen molar-refractivity contribution in [1.82, 2.24) is 24.5 Å². The SMILES string of the molecule is CC.Cn1cc(-c2ccc3cnn(-c4ccnc(N5CCOCC5)c4)c3c2)cn1. The first-order valence-corrected chi connectivity index (χ1v) is 10.0. The van der Waals surface area contributed by atoms with E-state index in [1.807, 2.05) is 61.1 Å². The highest BCUT2D eigenvalue weighted by molar-refractivity contribution is 5.85. The molecule has 7 nitrogen and oxygen atoms in total. The summed E-state index contributed by atoms with van der Waals surface area (Å²) in [6, 6.07) is 10.5. The van der Waals surface area contributed by atoms with E-state index >= 15 is 0 Å². The summed E-state index contributed by atoms with van der Waals surface area (Å²) >= 11 is 0. The van der Waals surface area contributed by atoms with E-state index in [0.29, 0.717) is 0 Å². The van der Waals surface area contributed by atoms with Crippen LogP contribution in [0.25, 0.3) is 27.7 Å². The second-order valence-electron chi connectivity index (χ2n) is 6.70. The van der Waals surface area contributed by atoms with Gasteiger partial charge in [0.25, 0.3) is 0 Å². The summed E-state index contributed by atoms with van der Waals surface area (Å²) in [6.45, 7) is 7.21. The Kier molecular flexibility index (Phi) is 5.57. The van der Waals surface area contributed by atoms with Gasteiger partial charge in [0.2, 0.25) is 0 Å². The van der Waals surface area contributed by atoms with Crippen LogP contribution in [0.5, 0.6) is 0 Å². The van der Waals surface area contributed by atoms with Gasteiger partial charge in [-0.1, -0.05) is 26.0 Å². The number of anilines is 1. The van der Waals surface area contributed by atoms with Gasteiger partial charge in [-0.25, -0.2) is 9.67 Å². The van der Waals surface area contributed by atoms with Gasteiger partial charge < -0.3 is 9.64 Å². The average molecular weight is 390 g/mol. The molecule has 0 amide bonds. The zero-order chi connectivity index (χ0) is 20.2. The molecule has 3 aromatic heterocycles. The molecule has 1 aliphatic heterocycles. The molecule has 0 bridgehead atoms. The molecular weight excluding hydrogens is 364 g/mol. The van der Waals surface area contributed by atoms with Gasteiger partial charge in [0.1, 0.15) is 5.82 Å². The van der Waals surface area contributed by atoms with Gasteiger partial charge in [-0.2, -0.15) is 10.2 Å². The summed E-state index contributed by atoms with van der Waals surface area (Å²) in [5.74, 6) is 0.961. The maximum atomic E-state index is 5.44. The van der Waals surface area contributed by atoms with Crippen molar-refractivity contribution in [2.45, 2.75) is 13.8 Å². The van der Waals surface area contributed by atoms with Crippen LogP contribution in [0.1, 0.15) is 13.8 Å². The van der Waals surface area contributed by atoms with Crippen LogP contribution in [0.2, 0.25) is 0 Å². The van der Waals surface area contributed by atoms with E-state index in [9.17, 15) is 0 Å². The third-order valence-corrected chi connectivity index (χ3v) is 4.92. The highest BCUT2D eigenvalue weighted by Crippen LogP contribution is 2.26. The van der Waals surface area contributed by atoms with E-state index in [4.69, 9.17) is 4.74 Å². The molecule has 7 heteroatoms. The van der Waals surface area contributed by atoms with E-state index in [2.05, 4.69) is 44.3 Å². The van der Waals surface area contributed by atoms with Gasteiger partial charge in [0.05, 0.1) is 36.8 Å². The van der Waals surface area contributed by atoms with Crippen LogP contribution >= 0.6 is 0 Å². The van der Waals surface area contributed by atoms with Crippen molar-refractivity contribution in [3.05, 3.63) is 55.1 Å². The van der Waals surface area contributed by atoms with E-state index in [1.165, 1.54) is 0 Å². The third kappa shape index (κ3) is 3.86. The quantitative estimate of drug-likeness (QED) is 0.534. The van der Waals surface area contributed by atoms with Crippen molar-refractivity contribution < 1.29 is 4.74 Å². The minimum atomic E-state index is 0.741. The van der Waals surface area contributed by atoms with Crippen molar-refractivity contribution in [2.24, 2.45) is 7.05 Å². The van der Waals surface area contributed by atoms with Crippen LogP contribution < -0.4 is 4.90 Å². The molecule has 1 saturated heterocycles. The van der Waals surface area contributed by atoms with E-state index in [0.717, 1.165) is 59.8 Å². The largest absolute Gasteiger partial charge is 0.378 e. The Bertz CT molecular complexity index is 1090. The molecular formula is C22H26N6O. The van der Waals surface area contributed by atoms with Crippen molar-refractivity contribution in [2.75, 3.05) is 31.2 Å². The molecule has 1 fully saturated rings. The second kappa shape index (κ2) is 8.45. The minimum Gasteiger partial charge on any atom is -0.378 e. The monoisotopic (exact) mass is 390 g/mol. The Hall–Kier alpha value is -3.19. The maximum Gasteiger partial charge on any atom is 0.130 e. The average Bonchev–Trinajstić information content (AvgIpc) is 3.41. The number of morpholine rings is 1. The Morgan fingerprint density at radius 3 is 2.52 bits per heavy atom. The lowest BCUT2D eigenvalue weighted by atomic mass is 10.1. The number of aryl methyl sites for hydroxylation is 1. The normalized spacial score (nSPS) is 14.0. The fourth-order valence-corrected chi connectivity index (χ4v) is 3.48. The Balaban J connectivity index is 0.000000994. The van der Waals surface area contributed by atoms with Gasteiger partial charge in [0, 0.05) is 49.5 Å². The van der Waals surface area contributed by atoms with Crippen molar-refractivity contribution in [3.63, 3.8) is 0 Å². The number of benzene rings is 1. The van der Waals surface area contributed by atoms with Crippen LogP contribution in [0.4, 0.5) is 5.82 Å². The number of hydrogen-bond donors (Lipinski definition) is 0. The summed E-state index contributed by atoms with van der Waals surface area (Å²) in [4.78, 5) is 6.79. The summed E-state index contributed by atoms with van der Waals surface area (Å²) in [7, 11) is 1.93. The lowest BCUT2D eigenvalue weighted by molar-refractivity contribution is 0.122. The zero-order valence-electron chi connectivity index (χ0n) is 17.1. The number of aromatic nitrogens is 5. The van der Waals surface area contributed by atoms with E-state index in [-0.39, 0.29) is 0 Å². The molecule has 1 aromatic carbocycles. The fourth-order valence-electron chi connectivity index (χ4n) is 3.48. The number of fused-ring (bicyclic) bond motifs is 1. The Labute approximate surface area is 170 Å². The summed E-state index contributed by atoms with van der Waals surface area (Å²) in [5.41, 5.74) is 4.29. The second-order valence-corrected chi connectivity index (χ2v) is 6.70. The van der Waals surface area contributed by atoms with Gasteiger partial charge in [0.15, 0.2) is 0 Å². The number of pyridine rings is 1. The maximum absolute atomic E-state index is 5.44. The predicted octanol–water partition coefficient (Wildman–Crippen LogP) is 3.68. The van der Waals surface area contributed by atoms with Crippen LogP contribution in [0, 0.1) is 0 Å². The lowest BCUT2D eigenvalue weighted by Gasteiger charge is -2.28. The van der Waals surface area contributed by atoms with Gasteiger partial charge >= 0.3 is 0 Å². The molecule has 0 atom stereocenters. The Morgan fingerprint density at radius 1 is 0.931 bits per heavy atom. The Morgan fingerprint density at radius 2 is 1.76 bits per heavy atom. The first-order valence-electron chi connectivity index (χ1n) is 10.0. The van der Waals surface area contributed by atoms with Crippen LogP contribution in [-0.4, -0.2) is 50.8 Å². The molecule has 0 unspecified atom stereocenters. The molecule has 0 N–H and O–H groups in total. The van der Waals surface area contributed by atoms with Gasteiger partial charge in [-0.15, -0.1) is 0 Å². The molecule has 4 heterocycles. The molecule has 0 saturated carbocycles. The van der Waals surface area contributed by atoms with Gasteiger partial charge in [-0.3, -0.25) is 4.68 Å². The number of hydrogen-bond acceptors (Lipinski definition) is 5. The first-order chi connectivity index (χ1) is 14.3. The smallest absolute Gasteiger partial charge is 0.130 e. The van der Waals surface area contributed by atoms with Crippen LogP contribution in [0.3, 0.4) is 0 Å². The topological polar surface area (TPSA) is 61.0 Å². The van der Waals surface area contributed by atoms with E-state index < -0.39 is 0 Å². The van der Waals surface area contributed by atoms with Crippen LogP contribution in [-0.2, 0) is 11.8 Å². The summed E-state index contributed by atoms with van der Waals surface area (Å²) < 4.78 is 9.23. The molecule has 4 aromatic rings. The van der Waals surface area contributed by atoms with Crippen molar-refractivity contribution >= 4 is 16.7 Å². The molecule has 150 valence electrons. The number of rotatable bonds is 3. The molecule has 5 rings (SSSR count). The molecule has 0 aliphatic carbocycles. The highest BCUT2D eigenvalue weighted by atomic mass is 16.5. The standard InChI is InChI=1S/C20H20N6O.C2H6/c1-24-14-17(13-22-24)15-2-3-16-12-23-26(19(16)10-15)18-4-5-21-20(11-18)25-6-8-27-9-7-25;1-2/h2-5,10-14H,6-9H2,1H3;1-2H3. The number of ether oxygens (including phenoxy) is 1. The lowest BCUT2D eigenvalue weighted by Crippen LogP contribution is -2.36. The van der Waals surface area contributed by atoms with Crippen molar-refractivity contribution in [3.8, 4) is 16.8 Å². The van der Waals surface area contributed by atoms with Crippen LogP contribution in [0.15, 0.2) is 55.1 Å². The first kappa shape index (κ1) is 19.1. The van der Waals surface area contributed by atoms with Gasteiger partial charge in [-0.05, 0) is 17.7 Å². The summed E-state index contributed by atoms with van der Waals surface area (Å²) in [6.07, 6.45) is 7.64. The zero-order valence-corrected chi connectivity index (χ0v) is 17.1. The predicted molar refractivity (Wildman–Crippen MR) is 115 cm³/mol. The van der Waals surface area contributed by atoms with Crippen molar-refractivity contribution in [1.29, 1.82) is 0 Å². The molecule has 0 spiro atoms. The highest BCUT2D eigenvalue weighted by Gasteiger charge is 2.14. The molecule has 1 aliphatic rings. The summed E-state index contributed by atoms with van der Waals surface area (Å²) in [5, 5.41) is 10.00. The molecule has 29 heavy (non-hydrogen) atoms. The third-order valence-electron chi connectivity index (χ3n) is 4.92. The van der Waals surface area contributed by atoms with E-state index in [1.54, 1.807) is 0 Å². The fraction of sp³-hybridized carbons (Fsp3) is 0.318. The molecule has 0 radical (unpaired) electrons. The minimum absolute atomic E-state index is 0.741.